The first-order valence-corrected chi connectivity index (χ1v) is 6.67. The molecule has 0 aliphatic carbocycles. The van der Waals surface area contributed by atoms with Gasteiger partial charge in [0, 0.05) is 24.0 Å². The van der Waals surface area contributed by atoms with Crippen LogP contribution in [0.5, 0.6) is 0 Å². The second-order valence-electron chi connectivity index (χ2n) is 5.00. The number of hydrogen-bond acceptors (Lipinski definition) is 4. The number of nitrogens with two attached hydrogens (primary N) is 1. The predicted molar refractivity (Wildman–Crippen MR) is 79.7 cm³/mol. The smallest absolute Gasteiger partial charge is 0.340 e. The first kappa shape index (κ1) is 15.3. The van der Waals surface area contributed by atoms with Gasteiger partial charge in [0.1, 0.15) is 0 Å². The van der Waals surface area contributed by atoms with E-state index in [2.05, 4.69) is 25.7 Å². The standard InChI is InChI=1S/C15H24N2O2/c1-6-7-17(10(2)3)12-8-11(4)14(16)13(9-12)15(18)19-5/h8-10H,6-7,16H2,1-5H3. The highest BCUT2D eigenvalue weighted by Gasteiger charge is 2.17. The first-order chi connectivity index (χ1) is 8.92. The molecule has 0 fully saturated rings. The highest BCUT2D eigenvalue weighted by atomic mass is 16.5. The van der Waals surface area contributed by atoms with Crippen LogP contribution in [0.1, 0.15) is 43.1 Å². The Bertz CT molecular complexity index is 456. The van der Waals surface area contributed by atoms with Gasteiger partial charge < -0.3 is 15.4 Å². The Balaban J connectivity index is 3.28. The van der Waals surface area contributed by atoms with Gasteiger partial charge in [-0.15, -0.1) is 0 Å². The monoisotopic (exact) mass is 264 g/mol. The molecule has 4 nitrogen and oxygen atoms in total. The van der Waals surface area contributed by atoms with E-state index >= 15 is 0 Å². The number of nitrogen functional groups attached to an aromatic ring is 1. The van der Waals surface area contributed by atoms with Crippen molar-refractivity contribution in [3.63, 3.8) is 0 Å². The zero-order valence-corrected chi connectivity index (χ0v) is 12.5. The Morgan fingerprint density at radius 3 is 2.53 bits per heavy atom. The molecular weight excluding hydrogens is 240 g/mol. The van der Waals surface area contributed by atoms with Crippen molar-refractivity contribution in [3.8, 4) is 0 Å². The van der Waals surface area contributed by atoms with E-state index in [4.69, 9.17) is 10.5 Å². The molecule has 0 heterocycles. The summed E-state index contributed by atoms with van der Waals surface area (Å²) in [6.45, 7) is 9.27. The molecule has 0 aromatic heterocycles. The van der Waals surface area contributed by atoms with Crippen molar-refractivity contribution in [3.05, 3.63) is 23.3 Å². The van der Waals surface area contributed by atoms with Crippen LogP contribution in [0.2, 0.25) is 0 Å². The fourth-order valence-corrected chi connectivity index (χ4v) is 2.15. The van der Waals surface area contributed by atoms with Crippen LogP contribution in [0.3, 0.4) is 0 Å². The van der Waals surface area contributed by atoms with Gasteiger partial charge in [0.2, 0.25) is 0 Å². The van der Waals surface area contributed by atoms with Gasteiger partial charge in [-0.3, -0.25) is 0 Å². The van der Waals surface area contributed by atoms with E-state index in [1.165, 1.54) is 7.11 Å². The molecule has 0 saturated carbocycles. The Morgan fingerprint density at radius 1 is 1.42 bits per heavy atom. The van der Waals surface area contributed by atoms with E-state index in [0.29, 0.717) is 17.3 Å². The van der Waals surface area contributed by atoms with Crippen molar-refractivity contribution in [1.29, 1.82) is 0 Å². The summed E-state index contributed by atoms with van der Waals surface area (Å²) in [6.07, 6.45) is 1.05. The molecule has 106 valence electrons. The van der Waals surface area contributed by atoms with Crippen molar-refractivity contribution >= 4 is 17.3 Å². The zero-order chi connectivity index (χ0) is 14.6. The molecule has 1 aromatic carbocycles. The molecule has 0 spiro atoms. The number of nitrogens with zero attached hydrogens (tertiary/aromatic N) is 1. The lowest BCUT2D eigenvalue weighted by Gasteiger charge is -2.29. The fourth-order valence-electron chi connectivity index (χ4n) is 2.15. The lowest BCUT2D eigenvalue weighted by atomic mass is 10.1. The van der Waals surface area contributed by atoms with E-state index in [-0.39, 0.29) is 5.97 Å². The average molecular weight is 264 g/mol. The highest BCUT2D eigenvalue weighted by molar-refractivity contribution is 5.97. The normalized spacial score (nSPS) is 10.6. The predicted octanol–water partition coefficient (Wildman–Crippen LogP) is 2.99. The van der Waals surface area contributed by atoms with Gasteiger partial charge in [0.25, 0.3) is 0 Å². The Morgan fingerprint density at radius 2 is 2.05 bits per heavy atom. The van der Waals surface area contributed by atoms with E-state index in [0.717, 1.165) is 24.2 Å². The van der Waals surface area contributed by atoms with Crippen LogP contribution < -0.4 is 10.6 Å². The lowest BCUT2D eigenvalue weighted by molar-refractivity contribution is 0.0602. The summed E-state index contributed by atoms with van der Waals surface area (Å²) in [5.74, 6) is -0.386. The van der Waals surface area contributed by atoms with Crippen LogP contribution in [-0.2, 0) is 4.74 Å². The number of methoxy groups -OCH3 is 1. The number of ether oxygens (including phenoxy) is 1. The molecule has 0 unspecified atom stereocenters. The van der Waals surface area contributed by atoms with Crippen LogP contribution in [-0.4, -0.2) is 25.7 Å². The largest absolute Gasteiger partial charge is 0.465 e. The van der Waals surface area contributed by atoms with Gasteiger partial charge in [-0.2, -0.15) is 0 Å². The quantitative estimate of drug-likeness (QED) is 0.656. The molecule has 0 aliphatic rings. The van der Waals surface area contributed by atoms with Crippen LogP contribution in [0, 0.1) is 6.92 Å². The number of esters is 1. The topological polar surface area (TPSA) is 55.6 Å². The maximum absolute atomic E-state index is 11.8. The van der Waals surface area contributed by atoms with E-state index in [9.17, 15) is 4.79 Å². The van der Waals surface area contributed by atoms with E-state index in [1.807, 2.05) is 19.1 Å². The second kappa shape index (κ2) is 6.45. The third kappa shape index (κ3) is 3.40. The molecule has 0 aliphatic heterocycles. The van der Waals surface area contributed by atoms with Crippen molar-refractivity contribution in [2.75, 3.05) is 24.3 Å². The van der Waals surface area contributed by atoms with Gasteiger partial charge >= 0.3 is 5.97 Å². The van der Waals surface area contributed by atoms with Crippen LogP contribution >= 0.6 is 0 Å². The minimum Gasteiger partial charge on any atom is -0.465 e. The Labute approximate surface area is 115 Å². The summed E-state index contributed by atoms with van der Waals surface area (Å²) in [5.41, 5.74) is 8.82. The minimum absolute atomic E-state index is 0.369. The van der Waals surface area contributed by atoms with Gasteiger partial charge in [-0.1, -0.05) is 6.92 Å². The first-order valence-electron chi connectivity index (χ1n) is 6.67. The zero-order valence-electron chi connectivity index (χ0n) is 12.5. The second-order valence-corrected chi connectivity index (χ2v) is 5.00. The van der Waals surface area contributed by atoms with Crippen LogP contribution in [0.15, 0.2) is 12.1 Å². The Hall–Kier alpha value is -1.71. The molecule has 0 saturated heterocycles. The van der Waals surface area contributed by atoms with Gasteiger partial charge in [0.15, 0.2) is 0 Å². The molecular formula is C15H24N2O2. The summed E-state index contributed by atoms with van der Waals surface area (Å²) < 4.78 is 4.79. The summed E-state index contributed by atoms with van der Waals surface area (Å²) >= 11 is 0. The number of hydrogen-bond donors (Lipinski definition) is 1. The third-order valence-corrected chi connectivity index (χ3v) is 3.20. The summed E-state index contributed by atoms with van der Waals surface area (Å²) in [5, 5.41) is 0. The van der Waals surface area contributed by atoms with Crippen molar-refractivity contribution in [1.82, 2.24) is 0 Å². The molecule has 2 N–H and O–H groups in total. The maximum Gasteiger partial charge on any atom is 0.340 e. The minimum atomic E-state index is -0.386. The molecule has 1 rings (SSSR count). The molecule has 0 bridgehead atoms. The van der Waals surface area contributed by atoms with Crippen molar-refractivity contribution < 1.29 is 9.53 Å². The number of carbonyl (C=O) groups is 1. The van der Waals surface area contributed by atoms with E-state index in [1.54, 1.807) is 0 Å². The van der Waals surface area contributed by atoms with Crippen LogP contribution in [0.25, 0.3) is 0 Å². The van der Waals surface area contributed by atoms with Crippen molar-refractivity contribution in [2.24, 2.45) is 0 Å². The van der Waals surface area contributed by atoms with Gasteiger partial charge in [-0.05, 0) is 44.9 Å². The highest BCUT2D eigenvalue weighted by Crippen LogP contribution is 2.27. The number of anilines is 2. The molecule has 0 radical (unpaired) electrons. The lowest BCUT2D eigenvalue weighted by Crippen LogP contribution is -2.31. The number of benzene rings is 1. The fraction of sp³-hybridized carbons (Fsp3) is 0.533. The van der Waals surface area contributed by atoms with Gasteiger partial charge in [-0.25, -0.2) is 4.79 Å². The van der Waals surface area contributed by atoms with E-state index < -0.39 is 0 Å². The summed E-state index contributed by atoms with van der Waals surface area (Å²) in [7, 11) is 1.37. The Kier molecular flexibility index (Phi) is 5.21. The maximum atomic E-state index is 11.8. The average Bonchev–Trinajstić information content (AvgIpc) is 2.37. The SMILES string of the molecule is CCCN(c1cc(C)c(N)c(C(=O)OC)c1)C(C)C. The van der Waals surface area contributed by atoms with Crippen LogP contribution in [0.4, 0.5) is 11.4 Å². The molecule has 0 amide bonds. The molecule has 0 atom stereocenters. The molecule has 1 aromatic rings. The number of carbonyl (C=O) groups excluding carboxylic acids is 1. The molecule has 19 heavy (non-hydrogen) atoms. The van der Waals surface area contributed by atoms with Gasteiger partial charge in [0.05, 0.1) is 12.7 Å². The summed E-state index contributed by atoms with van der Waals surface area (Å²) in [6, 6.07) is 4.22. The number of aryl methyl sites for hydroxylation is 1. The third-order valence-electron chi connectivity index (χ3n) is 3.20. The summed E-state index contributed by atoms with van der Waals surface area (Å²) in [4.78, 5) is 14.0. The molecule has 4 heteroatoms. The number of rotatable bonds is 5. The van der Waals surface area contributed by atoms with Crippen molar-refractivity contribution in [2.45, 2.75) is 40.2 Å².